The van der Waals surface area contributed by atoms with Gasteiger partial charge >= 0.3 is 0 Å². The zero-order valence-corrected chi connectivity index (χ0v) is 16.3. The standard InChI is InChI=1S/C21H25N3O4/c1-13(2)12-24-20(27)16-6-5-15(11-17(16)21(24)28)19(26)23-9-7-22(8-10-23)18(25)14-3-4-14/h5-6,11,13-14H,3-4,7-10,12H2,1-2H3. The molecule has 3 aliphatic rings. The number of hydrogen-bond donors (Lipinski definition) is 0. The first-order chi connectivity index (χ1) is 13.4. The fourth-order valence-electron chi connectivity index (χ4n) is 3.86. The largest absolute Gasteiger partial charge is 0.339 e. The molecule has 0 unspecified atom stereocenters. The number of imide groups is 1. The van der Waals surface area contributed by atoms with Gasteiger partial charge in [-0.2, -0.15) is 0 Å². The lowest BCUT2D eigenvalue weighted by molar-refractivity contribution is -0.134. The van der Waals surface area contributed by atoms with E-state index in [1.807, 2.05) is 18.7 Å². The van der Waals surface area contributed by atoms with Gasteiger partial charge in [-0.15, -0.1) is 0 Å². The zero-order valence-electron chi connectivity index (χ0n) is 16.3. The second-order valence-electron chi connectivity index (χ2n) is 8.27. The molecule has 0 atom stereocenters. The lowest BCUT2D eigenvalue weighted by atomic mass is 10.0. The average Bonchev–Trinajstić information content (AvgIpc) is 3.51. The summed E-state index contributed by atoms with van der Waals surface area (Å²) in [6.45, 7) is 6.34. The topological polar surface area (TPSA) is 78.0 Å². The number of carbonyl (C=O) groups is 4. The summed E-state index contributed by atoms with van der Waals surface area (Å²) in [5.41, 5.74) is 1.08. The smallest absolute Gasteiger partial charge is 0.261 e. The Balaban J connectivity index is 1.45. The Hall–Kier alpha value is -2.70. The Bertz CT molecular complexity index is 851. The van der Waals surface area contributed by atoms with Gasteiger partial charge in [-0.05, 0) is 37.0 Å². The predicted octanol–water partition coefficient (Wildman–Crippen LogP) is 1.63. The van der Waals surface area contributed by atoms with Gasteiger partial charge in [0.1, 0.15) is 0 Å². The SMILES string of the molecule is CC(C)CN1C(=O)c2ccc(C(=O)N3CCN(C(=O)C4CC4)CC3)cc2C1=O. The summed E-state index contributed by atoms with van der Waals surface area (Å²) in [5, 5.41) is 0. The Morgan fingerprint density at radius 2 is 1.57 bits per heavy atom. The molecule has 0 radical (unpaired) electrons. The van der Waals surface area contributed by atoms with Gasteiger partial charge in [0.25, 0.3) is 17.7 Å². The number of rotatable bonds is 4. The minimum atomic E-state index is -0.330. The van der Waals surface area contributed by atoms with Gasteiger partial charge < -0.3 is 9.80 Å². The van der Waals surface area contributed by atoms with E-state index in [2.05, 4.69) is 0 Å². The maximum atomic E-state index is 12.9. The second-order valence-corrected chi connectivity index (χ2v) is 8.27. The molecule has 2 fully saturated rings. The molecule has 7 nitrogen and oxygen atoms in total. The van der Waals surface area contributed by atoms with Crippen LogP contribution in [0.1, 0.15) is 57.8 Å². The van der Waals surface area contributed by atoms with E-state index in [9.17, 15) is 19.2 Å². The Kier molecular flexibility index (Phi) is 4.69. The molecule has 4 amide bonds. The quantitative estimate of drug-likeness (QED) is 0.741. The van der Waals surface area contributed by atoms with Gasteiger partial charge in [0.2, 0.25) is 5.91 Å². The van der Waals surface area contributed by atoms with E-state index in [4.69, 9.17) is 0 Å². The zero-order chi connectivity index (χ0) is 20.0. The highest BCUT2D eigenvalue weighted by molar-refractivity contribution is 6.22. The first-order valence-electron chi connectivity index (χ1n) is 9.95. The number of piperazine rings is 1. The highest BCUT2D eigenvalue weighted by atomic mass is 16.2. The van der Waals surface area contributed by atoms with Crippen molar-refractivity contribution in [3.63, 3.8) is 0 Å². The Labute approximate surface area is 164 Å². The summed E-state index contributed by atoms with van der Waals surface area (Å²) in [7, 11) is 0. The number of hydrogen-bond acceptors (Lipinski definition) is 4. The van der Waals surface area contributed by atoms with Crippen molar-refractivity contribution in [2.24, 2.45) is 11.8 Å². The first kappa shape index (κ1) is 18.7. The molecule has 0 N–H and O–H groups in total. The molecule has 4 rings (SSSR count). The van der Waals surface area contributed by atoms with E-state index in [1.165, 1.54) is 4.90 Å². The van der Waals surface area contributed by atoms with Crippen LogP contribution in [0, 0.1) is 11.8 Å². The van der Waals surface area contributed by atoms with Crippen molar-refractivity contribution in [1.82, 2.24) is 14.7 Å². The molecule has 0 bridgehead atoms. The van der Waals surface area contributed by atoms with Gasteiger partial charge in [-0.3, -0.25) is 24.1 Å². The second kappa shape index (κ2) is 7.04. The van der Waals surface area contributed by atoms with Crippen LogP contribution in [0.4, 0.5) is 0 Å². The highest BCUT2D eigenvalue weighted by Gasteiger charge is 2.37. The van der Waals surface area contributed by atoms with Crippen LogP contribution < -0.4 is 0 Å². The molecule has 1 saturated heterocycles. The summed E-state index contributed by atoms with van der Waals surface area (Å²) in [5.74, 6) is -0.208. The molecule has 1 aromatic rings. The molecule has 1 saturated carbocycles. The third kappa shape index (κ3) is 3.30. The highest BCUT2D eigenvalue weighted by Crippen LogP contribution is 2.31. The third-order valence-corrected chi connectivity index (χ3v) is 5.57. The fraction of sp³-hybridized carbons (Fsp3) is 0.524. The van der Waals surface area contributed by atoms with Crippen molar-refractivity contribution in [1.29, 1.82) is 0 Å². The molecule has 1 aliphatic carbocycles. The van der Waals surface area contributed by atoms with Crippen LogP contribution >= 0.6 is 0 Å². The number of benzene rings is 1. The number of carbonyl (C=O) groups excluding carboxylic acids is 4. The van der Waals surface area contributed by atoms with Crippen molar-refractivity contribution in [2.45, 2.75) is 26.7 Å². The van der Waals surface area contributed by atoms with Gasteiger partial charge in [0.15, 0.2) is 0 Å². The van der Waals surface area contributed by atoms with Gasteiger partial charge in [-0.25, -0.2) is 0 Å². The lowest BCUT2D eigenvalue weighted by Gasteiger charge is -2.35. The van der Waals surface area contributed by atoms with Crippen LogP contribution in [-0.4, -0.2) is 71.1 Å². The molecule has 1 aromatic carbocycles. The fourth-order valence-corrected chi connectivity index (χ4v) is 3.86. The van der Waals surface area contributed by atoms with E-state index in [0.29, 0.717) is 49.4 Å². The van der Waals surface area contributed by atoms with Crippen LogP contribution in [0.3, 0.4) is 0 Å². The van der Waals surface area contributed by atoms with E-state index in [-0.39, 0.29) is 35.5 Å². The minimum absolute atomic E-state index is 0.163. The average molecular weight is 383 g/mol. The predicted molar refractivity (Wildman–Crippen MR) is 102 cm³/mol. The van der Waals surface area contributed by atoms with Crippen molar-refractivity contribution < 1.29 is 19.2 Å². The van der Waals surface area contributed by atoms with Crippen LogP contribution in [0.15, 0.2) is 18.2 Å². The normalized spacial score (nSPS) is 19.5. The monoisotopic (exact) mass is 383 g/mol. The molecule has 7 heteroatoms. The van der Waals surface area contributed by atoms with E-state index in [1.54, 1.807) is 23.1 Å². The maximum Gasteiger partial charge on any atom is 0.261 e. The third-order valence-electron chi connectivity index (χ3n) is 5.57. The molecule has 0 aromatic heterocycles. The lowest BCUT2D eigenvalue weighted by Crippen LogP contribution is -2.51. The Morgan fingerprint density at radius 3 is 2.18 bits per heavy atom. The summed E-state index contributed by atoms with van der Waals surface area (Å²) >= 11 is 0. The van der Waals surface area contributed by atoms with Crippen LogP contribution in [-0.2, 0) is 4.79 Å². The van der Waals surface area contributed by atoms with Gasteiger partial charge in [0.05, 0.1) is 11.1 Å². The van der Waals surface area contributed by atoms with Crippen molar-refractivity contribution in [3.8, 4) is 0 Å². The van der Waals surface area contributed by atoms with Crippen molar-refractivity contribution >= 4 is 23.6 Å². The summed E-state index contributed by atoms with van der Waals surface area (Å²) in [4.78, 5) is 54.9. The van der Waals surface area contributed by atoms with Gasteiger partial charge in [-0.1, -0.05) is 13.8 Å². The van der Waals surface area contributed by atoms with E-state index >= 15 is 0 Å². The molecule has 0 spiro atoms. The van der Waals surface area contributed by atoms with Crippen molar-refractivity contribution in [2.75, 3.05) is 32.7 Å². The van der Waals surface area contributed by atoms with E-state index in [0.717, 1.165) is 12.8 Å². The van der Waals surface area contributed by atoms with Gasteiger partial charge in [0, 0.05) is 44.2 Å². The van der Waals surface area contributed by atoms with Crippen LogP contribution in [0.25, 0.3) is 0 Å². The summed E-state index contributed by atoms with van der Waals surface area (Å²) < 4.78 is 0. The van der Waals surface area contributed by atoms with Crippen LogP contribution in [0.2, 0.25) is 0 Å². The Morgan fingerprint density at radius 1 is 0.964 bits per heavy atom. The molecular formula is C21H25N3O4. The minimum Gasteiger partial charge on any atom is -0.339 e. The summed E-state index contributed by atoms with van der Waals surface area (Å²) in [6, 6.07) is 4.74. The maximum absolute atomic E-state index is 12.9. The number of nitrogens with zero attached hydrogens (tertiary/aromatic N) is 3. The molecule has 28 heavy (non-hydrogen) atoms. The summed E-state index contributed by atoms with van der Waals surface area (Å²) in [6.07, 6.45) is 1.96. The first-order valence-corrected chi connectivity index (χ1v) is 9.95. The number of fused-ring (bicyclic) bond motifs is 1. The molecule has 2 aliphatic heterocycles. The van der Waals surface area contributed by atoms with Crippen LogP contribution in [0.5, 0.6) is 0 Å². The molecule has 148 valence electrons. The molecular weight excluding hydrogens is 358 g/mol. The number of amides is 4. The molecule has 2 heterocycles. The van der Waals surface area contributed by atoms with E-state index < -0.39 is 0 Å². The van der Waals surface area contributed by atoms with Crippen molar-refractivity contribution in [3.05, 3.63) is 34.9 Å².